The maximum atomic E-state index is 3.89. The molecule has 0 radical (unpaired) electrons. The van der Waals surface area contributed by atoms with Crippen molar-refractivity contribution in [2.75, 3.05) is 9.80 Å². The Morgan fingerprint density at radius 1 is 0.895 bits per heavy atom. The zero-order chi connectivity index (χ0) is 26.6. The van der Waals surface area contributed by atoms with E-state index < -0.39 is 0 Å². The van der Waals surface area contributed by atoms with Crippen molar-refractivity contribution in [2.24, 2.45) is 11.8 Å². The minimum absolute atomic E-state index is 0.708. The molecule has 0 spiro atoms. The number of hydrogen-bond donors (Lipinski definition) is 0. The Kier molecular flexibility index (Phi) is 8.91. The fraction of sp³-hybridized carbons (Fsp3) is 0.182. The molecule has 0 amide bonds. The van der Waals surface area contributed by atoms with Crippen LogP contribution in [0.1, 0.15) is 37.3 Å². The Labute approximate surface area is 253 Å². The van der Waals surface area contributed by atoms with E-state index in [2.05, 4.69) is 172 Å². The first kappa shape index (κ1) is 27.4. The van der Waals surface area contributed by atoms with Crippen LogP contribution in [-0.4, -0.2) is 13.1 Å². The van der Waals surface area contributed by atoms with Gasteiger partial charge in [0.05, 0.1) is 0 Å². The van der Waals surface area contributed by atoms with Gasteiger partial charge in [-0.05, 0) is 0 Å². The van der Waals surface area contributed by atoms with E-state index in [4.69, 9.17) is 0 Å². The molecule has 0 saturated heterocycles. The average molecular weight is 607 g/mol. The summed E-state index contributed by atoms with van der Waals surface area (Å²) in [6.45, 7) is 6.27. The Morgan fingerprint density at radius 3 is 2.29 bits per heavy atom. The van der Waals surface area contributed by atoms with E-state index in [1.165, 1.54) is 57.3 Å². The van der Waals surface area contributed by atoms with Gasteiger partial charge in [0.1, 0.15) is 0 Å². The van der Waals surface area contributed by atoms with Crippen molar-refractivity contribution in [2.45, 2.75) is 26.2 Å². The van der Waals surface area contributed by atoms with Crippen molar-refractivity contribution in [3.8, 4) is 0 Å². The summed E-state index contributed by atoms with van der Waals surface area (Å²) in [5.41, 5.74) is 7.36. The van der Waals surface area contributed by atoms with Crippen molar-refractivity contribution >= 4 is 35.6 Å². The van der Waals surface area contributed by atoms with Gasteiger partial charge in [-0.2, -0.15) is 0 Å². The van der Waals surface area contributed by atoms with E-state index >= 15 is 0 Å². The van der Waals surface area contributed by atoms with Crippen molar-refractivity contribution in [1.82, 2.24) is 0 Å². The summed E-state index contributed by atoms with van der Waals surface area (Å²) < 4.78 is 3.46. The molecule has 1 saturated carbocycles. The van der Waals surface area contributed by atoms with Crippen LogP contribution < -0.4 is 9.80 Å². The first-order valence-corrected chi connectivity index (χ1v) is 15.1. The van der Waals surface area contributed by atoms with Gasteiger partial charge in [-0.15, -0.1) is 0 Å². The Bertz CT molecular complexity index is 1460. The van der Waals surface area contributed by atoms with E-state index in [1.54, 1.807) is 0 Å². The number of anilines is 2. The summed E-state index contributed by atoms with van der Waals surface area (Å²) >= 11 is 8.22. The summed E-state index contributed by atoms with van der Waals surface area (Å²) in [5, 5.41) is 0. The molecule has 2 aromatic rings. The van der Waals surface area contributed by atoms with Crippen molar-refractivity contribution in [3.63, 3.8) is 0 Å². The molecule has 185 valence electrons. The van der Waals surface area contributed by atoms with Crippen LogP contribution in [0.25, 0.3) is 11.1 Å². The minimum atomic E-state index is 0.708. The number of nitrogens with zero attached hydrogens (tertiary/aromatic N) is 2. The number of allylic oxidation sites excluding steroid dienone is 7. The van der Waals surface area contributed by atoms with Crippen LogP contribution in [0.15, 0.2) is 110 Å². The van der Waals surface area contributed by atoms with Gasteiger partial charge in [-0.1, -0.05) is 0 Å². The second-order valence-electron chi connectivity index (χ2n) is 9.80. The maximum absolute atomic E-state index is 3.89. The summed E-state index contributed by atoms with van der Waals surface area (Å²) in [5.74, 6) is 1.50. The predicted molar refractivity (Wildman–Crippen MR) is 153 cm³/mol. The number of rotatable bonds is 7. The van der Waals surface area contributed by atoms with Gasteiger partial charge in [0, 0.05) is 0 Å². The van der Waals surface area contributed by atoms with Crippen LogP contribution in [0, 0.1) is 11.8 Å². The predicted octanol–water partition coefficient (Wildman–Crippen LogP) is 7.07. The molecule has 3 aliphatic rings. The van der Waals surface area contributed by atoms with Crippen LogP contribution in [0.3, 0.4) is 0 Å². The van der Waals surface area contributed by atoms with E-state index in [0.29, 0.717) is 5.92 Å². The quantitative estimate of drug-likeness (QED) is 0.311. The van der Waals surface area contributed by atoms with Crippen molar-refractivity contribution in [1.29, 1.82) is 0 Å². The zero-order valence-electron chi connectivity index (χ0n) is 21.5. The van der Waals surface area contributed by atoms with E-state index in [-0.39, 0.29) is 0 Å². The molecule has 1 aliphatic carbocycles. The van der Waals surface area contributed by atoms with Crippen LogP contribution in [0.4, 0.5) is 11.4 Å². The third kappa shape index (κ3) is 5.45. The molecule has 2 aromatic carbocycles. The van der Waals surface area contributed by atoms with Gasteiger partial charge in [-0.25, -0.2) is 0 Å². The summed E-state index contributed by atoms with van der Waals surface area (Å²) in [4.78, 5) is 4.54. The zero-order valence-corrected chi connectivity index (χ0v) is 25.7. The molecule has 2 aliphatic heterocycles. The molecule has 0 N–H and O–H groups in total. The Hall–Kier alpha value is -2.16. The third-order valence-corrected chi connectivity index (χ3v) is 9.41. The van der Waals surface area contributed by atoms with E-state index in [9.17, 15) is 0 Å². The van der Waals surface area contributed by atoms with Gasteiger partial charge in [-0.3, -0.25) is 0 Å². The van der Waals surface area contributed by atoms with E-state index in [0.717, 1.165) is 14.6 Å². The van der Waals surface area contributed by atoms with Crippen LogP contribution in [-0.2, 0) is 50.9 Å². The number of benzene rings is 2. The molecule has 38 heavy (non-hydrogen) atoms. The first-order valence-electron chi connectivity index (χ1n) is 13.0. The van der Waals surface area contributed by atoms with Crippen LogP contribution in [0.2, 0.25) is 0 Å². The van der Waals surface area contributed by atoms with Gasteiger partial charge < -0.3 is 0 Å². The molecule has 5 rings (SSSR count). The molecular formula is C33H30N2V3+2. The second kappa shape index (κ2) is 12.4. The molecule has 2 heterocycles. The molecule has 0 aromatic heterocycles. The SMILES string of the molecule is C=CC=C1[C](=[V])N(C=CC=C[C](=[V+2])N2[C](=[V])C(=CC=CC3CCCC3C)c3ccccc32)c2ccccc21. The normalized spacial score (nSPS) is 23.1. The van der Waals surface area contributed by atoms with Crippen LogP contribution in [0.5, 0.6) is 0 Å². The van der Waals surface area contributed by atoms with Gasteiger partial charge >= 0.3 is 255 Å². The van der Waals surface area contributed by atoms with Gasteiger partial charge in [0.25, 0.3) is 0 Å². The monoisotopic (exact) mass is 607 g/mol. The standard InChI is InChI=1S/C33H30N2.3V/c1-3-13-28-24-34(32-20-7-5-18-30(28)32)22-9-4-10-23-35-25-29(31-19-6-8-21-33(31)35)17-12-16-27-15-11-14-26(27)2;;;/h3-10,12-13,16-22,26-27H,1,11,14-15H2,2H3;;;/q;;;+2. The number of para-hydroxylation sites is 2. The first-order chi connectivity index (χ1) is 18.5. The summed E-state index contributed by atoms with van der Waals surface area (Å²) in [6, 6.07) is 17.1. The number of fused-ring (bicyclic) bond motifs is 2. The Morgan fingerprint density at radius 2 is 1.58 bits per heavy atom. The summed E-state index contributed by atoms with van der Waals surface area (Å²) in [6.07, 6.45) is 23.4. The van der Waals surface area contributed by atoms with Crippen molar-refractivity contribution < 1.29 is 50.9 Å². The topological polar surface area (TPSA) is 6.48 Å². The van der Waals surface area contributed by atoms with Crippen LogP contribution >= 0.6 is 0 Å². The molecule has 5 heteroatoms. The second-order valence-corrected chi connectivity index (χ2v) is 11.8. The van der Waals surface area contributed by atoms with Crippen molar-refractivity contribution in [3.05, 3.63) is 121 Å². The Balaban J connectivity index is 1.33. The molecule has 2 nitrogen and oxygen atoms in total. The van der Waals surface area contributed by atoms with E-state index in [1.807, 2.05) is 6.08 Å². The fourth-order valence-electron chi connectivity index (χ4n) is 5.46. The fourth-order valence-corrected chi connectivity index (χ4v) is 7.34. The van der Waals surface area contributed by atoms with Gasteiger partial charge in [0.2, 0.25) is 0 Å². The molecule has 2 atom stereocenters. The van der Waals surface area contributed by atoms with Gasteiger partial charge in [0.15, 0.2) is 0 Å². The summed E-state index contributed by atoms with van der Waals surface area (Å²) in [7, 11) is 0. The third-order valence-electron chi connectivity index (χ3n) is 7.46. The molecule has 1 fully saturated rings. The average Bonchev–Trinajstić information content (AvgIpc) is 3.54. The molecule has 0 bridgehead atoms. The molecular weight excluding hydrogens is 577 g/mol. The molecule has 2 unspecified atom stereocenters. The number of hydrogen-bond acceptors (Lipinski definition) is 2.